The van der Waals surface area contributed by atoms with Gasteiger partial charge < -0.3 is 42.4 Å². The second-order valence-electron chi connectivity index (χ2n) is 17.5. The van der Waals surface area contributed by atoms with E-state index in [1.54, 1.807) is 67.0 Å². The number of rotatable bonds is 8. The quantitative estimate of drug-likeness (QED) is 0.104. The minimum Gasteiger partial charge on any atom is -0.439 e. The molecule has 8 aromatic rings. The number of aromatic nitrogens is 4. The van der Waals surface area contributed by atoms with Crippen LogP contribution in [0.25, 0.3) is 9.69 Å². The lowest BCUT2D eigenvalue weighted by molar-refractivity contribution is 0.333. The SMILES string of the molecule is CB1OCc2cc(Oc3cc(C#N)ccn3)ccc21.CB1OCc2cc(Oc3ncccc3C#N)ccc21.[C-]#[N+]c1ccc(Oc2ccc3c(c2)COB3C)nc1.[C-]#[N+]c1cccc(Oc2ccc3c(c2)COB3C)n1. The summed E-state index contributed by atoms with van der Waals surface area (Å²) in [6.45, 7) is 25.0. The summed E-state index contributed by atoms with van der Waals surface area (Å²) in [6, 6.07) is 42.8. The third-order valence-corrected chi connectivity index (χ3v) is 12.5. The molecule has 8 heterocycles. The van der Waals surface area contributed by atoms with Crippen LogP contribution in [0.3, 0.4) is 0 Å². The van der Waals surface area contributed by atoms with E-state index in [0.29, 0.717) is 89.8 Å². The fourth-order valence-electron chi connectivity index (χ4n) is 8.47. The van der Waals surface area contributed by atoms with Crippen molar-refractivity contribution in [3.63, 3.8) is 0 Å². The number of ether oxygens (including phenoxy) is 4. The summed E-state index contributed by atoms with van der Waals surface area (Å²) in [7, 11) is 0. The molecule has 4 aliphatic rings. The van der Waals surface area contributed by atoms with Crippen LogP contribution < -0.4 is 40.8 Å². The molecule has 0 unspecified atom stereocenters. The fraction of sp³-hybridized carbons (Fsp3) is 0.143. The minimum absolute atomic E-state index is 0.133. The van der Waals surface area contributed by atoms with Gasteiger partial charge in [-0.3, -0.25) is 0 Å². The molecule has 368 valence electrons. The summed E-state index contributed by atoms with van der Waals surface area (Å²) < 4.78 is 44.9. The van der Waals surface area contributed by atoms with Crippen LogP contribution in [0, 0.1) is 35.8 Å². The lowest BCUT2D eigenvalue weighted by Crippen LogP contribution is -2.23. The van der Waals surface area contributed by atoms with Gasteiger partial charge in [0.05, 0.1) is 44.6 Å². The second-order valence-corrected chi connectivity index (χ2v) is 17.5. The summed E-state index contributed by atoms with van der Waals surface area (Å²) in [5, 5.41) is 17.8. The van der Waals surface area contributed by atoms with Crippen molar-refractivity contribution >= 4 is 61.0 Å². The van der Waals surface area contributed by atoms with E-state index < -0.39 is 0 Å². The van der Waals surface area contributed by atoms with Crippen molar-refractivity contribution in [2.45, 2.75) is 53.7 Å². The lowest BCUT2D eigenvalue weighted by atomic mass is 9.64. The lowest BCUT2D eigenvalue weighted by Gasteiger charge is -2.07. The molecule has 4 aromatic carbocycles. The first-order valence-corrected chi connectivity index (χ1v) is 24.1. The molecule has 0 aliphatic carbocycles. The number of hydrogen-bond donors (Lipinski definition) is 0. The largest absolute Gasteiger partial charge is 0.439 e. The highest BCUT2D eigenvalue weighted by Gasteiger charge is 2.27. The van der Waals surface area contributed by atoms with Gasteiger partial charge in [-0.25, -0.2) is 19.8 Å². The molecule has 4 aliphatic heterocycles. The molecule has 76 heavy (non-hydrogen) atoms. The van der Waals surface area contributed by atoms with Crippen molar-refractivity contribution in [3.05, 3.63) is 202 Å². The van der Waals surface area contributed by atoms with Crippen LogP contribution in [-0.4, -0.2) is 47.6 Å². The van der Waals surface area contributed by atoms with Gasteiger partial charge in [-0.05, 0) is 129 Å². The first kappa shape index (κ1) is 51.6. The zero-order valence-electron chi connectivity index (χ0n) is 41.8. The van der Waals surface area contributed by atoms with E-state index in [1.807, 2.05) is 100 Å². The molecular weight excluding hydrogens is 956 g/mol. The Balaban J connectivity index is 0.000000124. The van der Waals surface area contributed by atoms with Gasteiger partial charge in [-0.15, -0.1) is 0 Å². The van der Waals surface area contributed by atoms with E-state index in [0.717, 1.165) is 28.0 Å². The summed E-state index contributed by atoms with van der Waals surface area (Å²) in [4.78, 5) is 22.9. The van der Waals surface area contributed by atoms with E-state index in [1.165, 1.54) is 28.0 Å². The highest BCUT2D eigenvalue weighted by atomic mass is 16.5. The van der Waals surface area contributed by atoms with Crippen LogP contribution >= 0.6 is 0 Å². The molecule has 0 amide bonds. The molecule has 0 saturated carbocycles. The molecule has 0 fully saturated rings. The average molecular weight is 1000 g/mol. The van der Waals surface area contributed by atoms with Gasteiger partial charge in [0.15, 0.2) is 0 Å². The highest BCUT2D eigenvalue weighted by molar-refractivity contribution is 6.68. The predicted octanol–water partition coefficient (Wildman–Crippen LogP) is 9.77. The molecule has 0 saturated heterocycles. The van der Waals surface area contributed by atoms with E-state index in [4.69, 9.17) is 61.2 Å². The third-order valence-electron chi connectivity index (χ3n) is 12.5. The molecule has 12 rings (SSSR count). The van der Waals surface area contributed by atoms with Gasteiger partial charge >= 0.3 is 33.5 Å². The van der Waals surface area contributed by atoms with Crippen molar-refractivity contribution < 1.29 is 37.6 Å². The van der Waals surface area contributed by atoms with Crippen LogP contribution in [-0.2, 0) is 45.0 Å². The van der Waals surface area contributed by atoms with Crippen molar-refractivity contribution in [1.82, 2.24) is 19.9 Å². The summed E-state index contributed by atoms with van der Waals surface area (Å²) >= 11 is 0. The number of fused-ring (bicyclic) bond motifs is 4. The van der Waals surface area contributed by atoms with Crippen LogP contribution in [0.1, 0.15) is 33.4 Å². The normalized spacial score (nSPS) is 12.9. The maximum atomic E-state index is 9.00. The van der Waals surface area contributed by atoms with Crippen molar-refractivity contribution in [3.8, 4) is 58.7 Å². The van der Waals surface area contributed by atoms with Crippen LogP contribution in [0.2, 0.25) is 27.3 Å². The summed E-state index contributed by atoms with van der Waals surface area (Å²) in [5.41, 5.74) is 10.8. The van der Waals surface area contributed by atoms with Crippen molar-refractivity contribution in [1.29, 1.82) is 10.5 Å². The fourth-order valence-corrected chi connectivity index (χ4v) is 8.47. The molecule has 4 aromatic heterocycles. The second kappa shape index (κ2) is 24.2. The third kappa shape index (κ3) is 12.7. The first-order chi connectivity index (χ1) is 37.1. The summed E-state index contributed by atoms with van der Waals surface area (Å²) in [6.07, 6.45) is 4.67. The topological polar surface area (TPSA) is 182 Å². The van der Waals surface area contributed by atoms with Gasteiger partial charge in [0.2, 0.25) is 23.3 Å². The zero-order chi connectivity index (χ0) is 53.0. The van der Waals surface area contributed by atoms with E-state index in [-0.39, 0.29) is 27.7 Å². The number of nitriles is 2. The molecule has 0 bridgehead atoms. The van der Waals surface area contributed by atoms with Crippen LogP contribution in [0.4, 0.5) is 11.5 Å². The van der Waals surface area contributed by atoms with E-state index in [9.17, 15) is 0 Å². The van der Waals surface area contributed by atoms with Gasteiger partial charge in [0.25, 0.3) is 5.82 Å². The van der Waals surface area contributed by atoms with Crippen LogP contribution in [0.15, 0.2) is 146 Å². The highest BCUT2D eigenvalue weighted by Crippen LogP contribution is 2.28. The Labute approximate surface area is 441 Å². The van der Waals surface area contributed by atoms with E-state index >= 15 is 0 Å². The van der Waals surface area contributed by atoms with Crippen molar-refractivity contribution in [2.75, 3.05) is 0 Å². The molecule has 0 N–H and O–H groups in total. The van der Waals surface area contributed by atoms with Gasteiger partial charge in [0, 0.05) is 30.7 Å². The molecule has 16 nitrogen and oxygen atoms in total. The Bertz CT molecular complexity index is 3470. The Hall–Kier alpha value is -9.26. The Morgan fingerprint density at radius 1 is 0.487 bits per heavy atom. The number of nitrogens with zero attached hydrogens (tertiary/aromatic N) is 8. The molecular formula is C56H44B4N8O8. The zero-order valence-corrected chi connectivity index (χ0v) is 41.8. The molecule has 0 atom stereocenters. The Morgan fingerprint density at radius 2 is 1.00 bits per heavy atom. The number of pyridine rings is 4. The molecule has 0 radical (unpaired) electrons. The Morgan fingerprint density at radius 3 is 1.47 bits per heavy atom. The number of benzene rings is 4. The van der Waals surface area contributed by atoms with Gasteiger partial charge in [0.1, 0.15) is 34.6 Å². The number of hydrogen-bond acceptors (Lipinski definition) is 14. The smallest absolute Gasteiger partial charge is 0.324 e. The average Bonchev–Trinajstić information content (AvgIpc) is 4.24. The van der Waals surface area contributed by atoms with Crippen LogP contribution in [0.5, 0.6) is 46.5 Å². The Kier molecular flexibility index (Phi) is 16.4. The monoisotopic (exact) mass is 1000 g/mol. The minimum atomic E-state index is 0.133. The predicted molar refractivity (Wildman–Crippen MR) is 289 cm³/mol. The molecule has 0 spiro atoms. The molecule has 20 heteroatoms. The summed E-state index contributed by atoms with van der Waals surface area (Å²) in [5.74, 6) is 4.83. The maximum Gasteiger partial charge on any atom is 0.324 e. The maximum absolute atomic E-state index is 9.00. The van der Waals surface area contributed by atoms with Gasteiger partial charge in [-0.2, -0.15) is 10.5 Å². The first-order valence-electron chi connectivity index (χ1n) is 24.1. The van der Waals surface area contributed by atoms with Gasteiger partial charge in [-0.1, -0.05) is 69.2 Å². The van der Waals surface area contributed by atoms with Crippen molar-refractivity contribution in [2.24, 2.45) is 0 Å². The van der Waals surface area contributed by atoms with E-state index in [2.05, 4.69) is 41.8 Å². The standard InChI is InChI=1S/4C14H11BN2O2/c1-15-13-5-4-12(7-10(13)9-18-15)19-14-6-3-11(16-2)8-17-14;1-15-12-7-6-11(8-10(12)9-18-15)19-14-5-3-4-13(16-2)17-14;1-15-13-3-2-12(7-11(13)9-18-15)19-14-6-10(8-16)4-5-17-14;1-15-13-5-4-12(7-11(13)9-18-15)19-14-10(8-16)3-2-6-17-14/h2*3-8H,9H2,1H3;2*2-7H,9H2,1H3.